The number of hydrogen-bond donors (Lipinski definition) is 2. The minimum atomic E-state index is -1.18. The zero-order chi connectivity index (χ0) is 14.9. The standard InChI is InChI=1S/C13H8BrClFNO3/c14-8-4-9(15)10(16)5-12(8)20-11-3-6(17)1-2-7(11)13(18)19/h1-5H,17H2,(H,18,19). The molecule has 2 aromatic rings. The third kappa shape index (κ3) is 3.02. The van der Waals surface area contributed by atoms with Crippen LogP contribution in [0.3, 0.4) is 0 Å². The average Bonchev–Trinajstić information content (AvgIpc) is 2.35. The summed E-state index contributed by atoms with van der Waals surface area (Å²) >= 11 is 8.79. The van der Waals surface area contributed by atoms with Crippen LogP contribution in [0, 0.1) is 5.82 Å². The number of hydrogen-bond acceptors (Lipinski definition) is 3. The molecular formula is C13H8BrClFNO3. The van der Waals surface area contributed by atoms with E-state index in [1.807, 2.05) is 0 Å². The maximum atomic E-state index is 13.4. The summed E-state index contributed by atoms with van der Waals surface area (Å²) in [7, 11) is 0. The number of nitrogens with two attached hydrogens (primary N) is 1. The van der Waals surface area contributed by atoms with Gasteiger partial charge in [-0.1, -0.05) is 11.6 Å². The van der Waals surface area contributed by atoms with E-state index in [0.717, 1.165) is 6.07 Å². The number of carboxylic acids is 1. The van der Waals surface area contributed by atoms with Gasteiger partial charge in [-0.2, -0.15) is 0 Å². The van der Waals surface area contributed by atoms with E-state index in [0.29, 0.717) is 10.2 Å². The molecule has 4 nitrogen and oxygen atoms in total. The molecule has 0 spiro atoms. The lowest BCUT2D eigenvalue weighted by Crippen LogP contribution is -2.01. The maximum Gasteiger partial charge on any atom is 0.339 e. The lowest BCUT2D eigenvalue weighted by Gasteiger charge is -2.11. The van der Waals surface area contributed by atoms with Crippen LogP contribution in [0.25, 0.3) is 0 Å². The van der Waals surface area contributed by atoms with E-state index in [1.54, 1.807) is 0 Å². The van der Waals surface area contributed by atoms with Crippen molar-refractivity contribution < 1.29 is 19.0 Å². The summed E-state index contributed by atoms with van der Waals surface area (Å²) in [5.41, 5.74) is 5.84. The first-order chi connectivity index (χ1) is 9.38. The normalized spacial score (nSPS) is 10.3. The van der Waals surface area contributed by atoms with Gasteiger partial charge in [0.25, 0.3) is 0 Å². The Balaban J connectivity index is 2.47. The van der Waals surface area contributed by atoms with Gasteiger partial charge >= 0.3 is 5.97 Å². The molecule has 0 aromatic heterocycles. The van der Waals surface area contributed by atoms with Crippen molar-refractivity contribution in [1.29, 1.82) is 0 Å². The van der Waals surface area contributed by atoms with Crippen LogP contribution < -0.4 is 10.5 Å². The molecule has 104 valence electrons. The van der Waals surface area contributed by atoms with Crippen molar-refractivity contribution in [3.8, 4) is 11.5 Å². The van der Waals surface area contributed by atoms with Crippen LogP contribution in [0.5, 0.6) is 11.5 Å². The highest BCUT2D eigenvalue weighted by Gasteiger charge is 2.15. The quantitative estimate of drug-likeness (QED) is 0.632. The number of halogens is 3. The van der Waals surface area contributed by atoms with Gasteiger partial charge in [-0.15, -0.1) is 0 Å². The van der Waals surface area contributed by atoms with E-state index in [2.05, 4.69) is 15.9 Å². The predicted molar refractivity (Wildman–Crippen MR) is 77.0 cm³/mol. The molecule has 7 heteroatoms. The highest BCUT2D eigenvalue weighted by Crippen LogP contribution is 2.35. The lowest BCUT2D eigenvalue weighted by atomic mass is 10.2. The fourth-order valence-corrected chi connectivity index (χ4v) is 2.22. The van der Waals surface area contributed by atoms with E-state index in [4.69, 9.17) is 27.2 Å². The molecule has 2 rings (SSSR count). The molecule has 0 aliphatic carbocycles. The van der Waals surface area contributed by atoms with Crippen LogP contribution in [0.15, 0.2) is 34.8 Å². The number of benzene rings is 2. The van der Waals surface area contributed by atoms with Gasteiger partial charge in [0.05, 0.1) is 9.50 Å². The molecule has 0 atom stereocenters. The fraction of sp³-hybridized carbons (Fsp3) is 0. The zero-order valence-electron chi connectivity index (χ0n) is 9.86. The molecule has 0 saturated heterocycles. The average molecular weight is 361 g/mol. The van der Waals surface area contributed by atoms with Crippen LogP contribution in [0.2, 0.25) is 5.02 Å². The largest absolute Gasteiger partial charge is 0.478 e. The molecular weight excluding hydrogens is 353 g/mol. The summed E-state index contributed by atoms with van der Waals surface area (Å²) in [4.78, 5) is 11.1. The summed E-state index contributed by atoms with van der Waals surface area (Å²) in [6.07, 6.45) is 0. The Hall–Kier alpha value is -1.79. The first-order valence-electron chi connectivity index (χ1n) is 5.33. The van der Waals surface area contributed by atoms with Crippen LogP contribution in [0.1, 0.15) is 10.4 Å². The number of carboxylic acid groups (broad SMARTS) is 1. The summed E-state index contributed by atoms with van der Waals surface area (Å²) in [5.74, 6) is -1.74. The number of nitrogen functional groups attached to an aromatic ring is 1. The van der Waals surface area contributed by atoms with Gasteiger partial charge < -0.3 is 15.6 Å². The molecule has 0 aliphatic rings. The molecule has 0 heterocycles. The zero-order valence-corrected chi connectivity index (χ0v) is 12.2. The van der Waals surface area contributed by atoms with Crippen molar-refractivity contribution in [2.75, 3.05) is 5.73 Å². The monoisotopic (exact) mass is 359 g/mol. The fourth-order valence-electron chi connectivity index (χ4n) is 1.50. The van der Waals surface area contributed by atoms with Crippen LogP contribution in [0.4, 0.5) is 10.1 Å². The lowest BCUT2D eigenvalue weighted by molar-refractivity contribution is 0.0694. The van der Waals surface area contributed by atoms with E-state index in [9.17, 15) is 9.18 Å². The van der Waals surface area contributed by atoms with Crippen molar-refractivity contribution in [2.24, 2.45) is 0 Å². The molecule has 3 N–H and O–H groups in total. The van der Waals surface area contributed by atoms with Crippen LogP contribution in [-0.2, 0) is 0 Å². The van der Waals surface area contributed by atoms with Crippen molar-refractivity contribution in [3.05, 3.63) is 51.2 Å². The van der Waals surface area contributed by atoms with Gasteiger partial charge in [-0.25, -0.2) is 9.18 Å². The second kappa shape index (κ2) is 5.68. The predicted octanol–water partition coefficient (Wildman–Crippen LogP) is 4.31. The first kappa shape index (κ1) is 14.6. The van der Waals surface area contributed by atoms with Gasteiger partial charge in [-0.05, 0) is 34.1 Å². The van der Waals surface area contributed by atoms with Crippen molar-refractivity contribution >= 4 is 39.2 Å². The van der Waals surface area contributed by atoms with Crippen LogP contribution in [-0.4, -0.2) is 11.1 Å². The Morgan fingerprint density at radius 2 is 2.00 bits per heavy atom. The van der Waals surface area contributed by atoms with Gasteiger partial charge in [-0.3, -0.25) is 0 Å². The topological polar surface area (TPSA) is 72.6 Å². The Bertz CT molecular complexity index is 694. The number of rotatable bonds is 3. The van der Waals surface area contributed by atoms with Crippen molar-refractivity contribution in [1.82, 2.24) is 0 Å². The smallest absolute Gasteiger partial charge is 0.339 e. The maximum absolute atomic E-state index is 13.4. The van der Waals surface area contributed by atoms with Gasteiger partial charge in [0.1, 0.15) is 22.9 Å². The van der Waals surface area contributed by atoms with Gasteiger partial charge in [0, 0.05) is 17.8 Å². The Kier molecular flexibility index (Phi) is 4.15. The molecule has 0 radical (unpaired) electrons. The van der Waals surface area contributed by atoms with Crippen LogP contribution >= 0.6 is 27.5 Å². The summed E-state index contributed by atoms with van der Waals surface area (Å²) in [6.45, 7) is 0. The number of anilines is 1. The Morgan fingerprint density at radius 3 is 2.65 bits per heavy atom. The highest BCUT2D eigenvalue weighted by atomic mass is 79.9. The minimum Gasteiger partial charge on any atom is -0.478 e. The highest BCUT2D eigenvalue weighted by molar-refractivity contribution is 9.10. The number of carbonyl (C=O) groups is 1. The van der Waals surface area contributed by atoms with Gasteiger partial charge in [0.2, 0.25) is 0 Å². The first-order valence-corrected chi connectivity index (χ1v) is 6.51. The molecule has 0 aliphatic heterocycles. The number of ether oxygens (including phenoxy) is 1. The molecule has 0 unspecified atom stereocenters. The van der Waals surface area contributed by atoms with Gasteiger partial charge in [0.15, 0.2) is 0 Å². The molecule has 0 fully saturated rings. The summed E-state index contributed by atoms with van der Waals surface area (Å²) in [6, 6.07) is 6.48. The van der Waals surface area contributed by atoms with Crippen molar-refractivity contribution in [3.63, 3.8) is 0 Å². The second-order valence-electron chi connectivity index (χ2n) is 3.86. The molecule has 0 amide bonds. The third-order valence-electron chi connectivity index (χ3n) is 2.43. The minimum absolute atomic E-state index is 0.0138. The van der Waals surface area contributed by atoms with E-state index >= 15 is 0 Å². The Morgan fingerprint density at radius 1 is 1.30 bits per heavy atom. The third-order valence-corrected chi connectivity index (χ3v) is 3.34. The Labute approximate surface area is 127 Å². The van der Waals surface area contributed by atoms with Crippen molar-refractivity contribution in [2.45, 2.75) is 0 Å². The summed E-state index contributed by atoms with van der Waals surface area (Å²) < 4.78 is 19.2. The molecule has 20 heavy (non-hydrogen) atoms. The summed E-state index contributed by atoms with van der Waals surface area (Å²) in [5, 5.41) is 9.00. The SMILES string of the molecule is Nc1ccc(C(=O)O)c(Oc2cc(F)c(Cl)cc2Br)c1. The second-order valence-corrected chi connectivity index (χ2v) is 5.12. The number of aromatic carboxylic acids is 1. The molecule has 0 bridgehead atoms. The molecule has 2 aromatic carbocycles. The van der Waals surface area contributed by atoms with E-state index < -0.39 is 11.8 Å². The molecule has 0 saturated carbocycles. The van der Waals surface area contributed by atoms with E-state index in [1.165, 1.54) is 24.3 Å². The van der Waals surface area contributed by atoms with E-state index in [-0.39, 0.29) is 22.1 Å².